The first kappa shape index (κ1) is 15.7. The predicted molar refractivity (Wildman–Crippen MR) is 97.7 cm³/mol. The molecule has 26 heavy (non-hydrogen) atoms. The molecule has 0 aliphatic carbocycles. The van der Waals surface area contributed by atoms with Gasteiger partial charge in [-0.2, -0.15) is 0 Å². The Labute approximate surface area is 155 Å². The highest BCUT2D eigenvalue weighted by molar-refractivity contribution is 5.46. The van der Waals surface area contributed by atoms with E-state index in [-0.39, 0.29) is 0 Å². The molecule has 1 aromatic carbocycles. The van der Waals surface area contributed by atoms with Gasteiger partial charge in [0.1, 0.15) is 0 Å². The maximum Gasteiger partial charge on any atom is 0.231 e. The lowest BCUT2D eigenvalue weighted by Gasteiger charge is -2.52. The minimum atomic E-state index is 0.359. The number of nitrogens with zero attached hydrogens (tertiary/aromatic N) is 2. The first-order valence-corrected chi connectivity index (χ1v) is 10.4. The Balaban J connectivity index is 1.36. The van der Waals surface area contributed by atoms with Crippen molar-refractivity contribution in [3.63, 3.8) is 0 Å². The van der Waals surface area contributed by atoms with E-state index in [2.05, 4.69) is 28.0 Å². The van der Waals surface area contributed by atoms with Crippen LogP contribution in [0.2, 0.25) is 0 Å². The van der Waals surface area contributed by atoms with Crippen LogP contribution in [0.4, 0.5) is 0 Å². The van der Waals surface area contributed by atoms with Gasteiger partial charge in [0.15, 0.2) is 11.5 Å². The molecule has 2 bridgehead atoms. The molecule has 7 rings (SSSR count). The van der Waals surface area contributed by atoms with Crippen LogP contribution < -0.4 is 9.47 Å². The molecule has 0 unspecified atom stereocenters. The molecule has 5 saturated heterocycles. The fourth-order valence-corrected chi connectivity index (χ4v) is 6.33. The highest BCUT2D eigenvalue weighted by Gasteiger charge is 2.54. The molecule has 5 heteroatoms. The van der Waals surface area contributed by atoms with Crippen LogP contribution in [0, 0.1) is 5.92 Å². The van der Waals surface area contributed by atoms with E-state index >= 15 is 0 Å². The van der Waals surface area contributed by atoms with E-state index in [0.717, 1.165) is 36.7 Å². The molecule has 5 fully saturated rings. The van der Waals surface area contributed by atoms with Crippen molar-refractivity contribution in [2.75, 3.05) is 39.6 Å². The zero-order valence-corrected chi connectivity index (χ0v) is 15.3. The third kappa shape index (κ3) is 2.33. The van der Waals surface area contributed by atoms with Gasteiger partial charge in [0, 0.05) is 43.8 Å². The molecule has 6 aliphatic heterocycles. The molecular formula is C21H28N2O3. The normalized spacial score (nSPS) is 39.3. The molecule has 0 aromatic heterocycles. The first-order valence-electron chi connectivity index (χ1n) is 10.4. The highest BCUT2D eigenvalue weighted by atomic mass is 16.7. The number of fused-ring (bicyclic) bond motifs is 3. The number of rotatable bonds is 2. The first-order chi connectivity index (χ1) is 12.9. The van der Waals surface area contributed by atoms with Crippen LogP contribution in [0.5, 0.6) is 11.5 Å². The molecular weight excluding hydrogens is 328 g/mol. The van der Waals surface area contributed by atoms with E-state index in [1.54, 1.807) is 0 Å². The Hall–Kier alpha value is -1.30. The monoisotopic (exact) mass is 356 g/mol. The Bertz CT molecular complexity index is 682. The molecule has 0 N–H and O–H groups in total. The number of ether oxygens (including phenoxy) is 3. The van der Waals surface area contributed by atoms with E-state index < -0.39 is 0 Å². The average molecular weight is 356 g/mol. The van der Waals surface area contributed by atoms with E-state index in [4.69, 9.17) is 14.2 Å². The second-order valence-corrected chi connectivity index (χ2v) is 8.61. The summed E-state index contributed by atoms with van der Waals surface area (Å²) in [5.74, 6) is 3.29. The van der Waals surface area contributed by atoms with Crippen molar-refractivity contribution in [1.29, 1.82) is 0 Å². The molecule has 0 saturated carbocycles. The second-order valence-electron chi connectivity index (χ2n) is 8.61. The van der Waals surface area contributed by atoms with Crippen LogP contribution in [0.15, 0.2) is 18.2 Å². The van der Waals surface area contributed by atoms with Crippen LogP contribution in [0.1, 0.15) is 37.2 Å². The van der Waals surface area contributed by atoms with Gasteiger partial charge in [-0.3, -0.25) is 9.80 Å². The standard InChI is InChI=1S/C21H28N2O3/c1-2-18-19(26-13-25-18)11-15(1)17-12-23(16-5-9-24-10-6-16)20-14-3-7-22(8-4-14)21(17)20/h1-2,11,14,16-17,20-21H,3-10,12-13H2/t17-,20-,21-/m1/s1. The predicted octanol–water partition coefficient (Wildman–Crippen LogP) is 2.46. The Kier molecular flexibility index (Phi) is 3.70. The van der Waals surface area contributed by atoms with Crippen molar-refractivity contribution in [3.8, 4) is 11.5 Å². The third-order valence-corrected chi connectivity index (χ3v) is 7.52. The van der Waals surface area contributed by atoms with Crippen LogP contribution in [-0.2, 0) is 4.74 Å². The summed E-state index contributed by atoms with van der Waals surface area (Å²) in [7, 11) is 0. The SMILES string of the molecule is c1cc2c(cc1[C@H]1CN(C3CCOCC3)[C@@H]3C4CCN(CC4)[C@H]13)OCO2. The van der Waals surface area contributed by atoms with Crippen LogP contribution in [0.3, 0.4) is 0 Å². The number of benzene rings is 1. The van der Waals surface area contributed by atoms with E-state index in [9.17, 15) is 0 Å². The van der Waals surface area contributed by atoms with Gasteiger partial charge >= 0.3 is 0 Å². The molecule has 0 spiro atoms. The Morgan fingerprint density at radius 2 is 1.69 bits per heavy atom. The fourth-order valence-electron chi connectivity index (χ4n) is 6.33. The van der Waals surface area contributed by atoms with Gasteiger partial charge in [-0.15, -0.1) is 0 Å². The zero-order chi connectivity index (χ0) is 17.1. The lowest BCUT2D eigenvalue weighted by Crippen LogP contribution is -2.61. The summed E-state index contributed by atoms with van der Waals surface area (Å²) in [5, 5.41) is 0. The largest absolute Gasteiger partial charge is 0.454 e. The van der Waals surface area contributed by atoms with Crippen LogP contribution in [0.25, 0.3) is 0 Å². The van der Waals surface area contributed by atoms with Crippen molar-refractivity contribution in [1.82, 2.24) is 9.80 Å². The van der Waals surface area contributed by atoms with Gasteiger partial charge in [0.05, 0.1) is 0 Å². The lowest BCUT2D eigenvalue weighted by molar-refractivity contribution is -0.0389. The van der Waals surface area contributed by atoms with Crippen molar-refractivity contribution in [3.05, 3.63) is 23.8 Å². The van der Waals surface area contributed by atoms with Gasteiger partial charge < -0.3 is 14.2 Å². The molecule has 6 aliphatic rings. The van der Waals surface area contributed by atoms with Gasteiger partial charge in [-0.1, -0.05) is 6.07 Å². The lowest BCUT2D eigenvalue weighted by atomic mass is 9.75. The molecule has 3 atom stereocenters. The molecule has 6 heterocycles. The maximum absolute atomic E-state index is 5.67. The number of hydrogen-bond acceptors (Lipinski definition) is 5. The summed E-state index contributed by atoms with van der Waals surface area (Å²) in [6.45, 7) is 5.98. The minimum absolute atomic E-state index is 0.359. The highest BCUT2D eigenvalue weighted by Crippen LogP contribution is 2.49. The molecule has 0 radical (unpaired) electrons. The van der Waals surface area contributed by atoms with E-state index in [1.807, 2.05) is 0 Å². The summed E-state index contributed by atoms with van der Waals surface area (Å²) >= 11 is 0. The van der Waals surface area contributed by atoms with E-state index in [0.29, 0.717) is 24.8 Å². The quantitative estimate of drug-likeness (QED) is 0.813. The molecule has 5 nitrogen and oxygen atoms in total. The third-order valence-electron chi connectivity index (χ3n) is 7.52. The summed E-state index contributed by atoms with van der Waals surface area (Å²) in [6.07, 6.45) is 5.16. The minimum Gasteiger partial charge on any atom is -0.454 e. The molecule has 140 valence electrons. The van der Waals surface area contributed by atoms with Crippen molar-refractivity contribution < 1.29 is 14.2 Å². The molecule has 1 aromatic rings. The summed E-state index contributed by atoms with van der Waals surface area (Å²) in [6, 6.07) is 8.75. The average Bonchev–Trinajstić information content (AvgIpc) is 3.35. The van der Waals surface area contributed by atoms with Crippen molar-refractivity contribution >= 4 is 0 Å². The fraction of sp³-hybridized carbons (Fsp3) is 0.714. The number of piperidine rings is 3. The van der Waals surface area contributed by atoms with Crippen LogP contribution in [-0.4, -0.2) is 67.6 Å². The zero-order valence-electron chi connectivity index (χ0n) is 15.3. The van der Waals surface area contributed by atoms with Gasteiger partial charge in [-0.25, -0.2) is 0 Å². The summed E-state index contributed by atoms with van der Waals surface area (Å²) in [4.78, 5) is 5.68. The summed E-state index contributed by atoms with van der Waals surface area (Å²) < 4.78 is 16.9. The van der Waals surface area contributed by atoms with Crippen LogP contribution >= 0.6 is 0 Å². The second kappa shape index (κ2) is 6.11. The Morgan fingerprint density at radius 3 is 2.54 bits per heavy atom. The number of likely N-dealkylation sites (tertiary alicyclic amines) is 1. The Morgan fingerprint density at radius 1 is 0.885 bits per heavy atom. The number of hydrogen-bond donors (Lipinski definition) is 0. The summed E-state index contributed by atoms with van der Waals surface area (Å²) in [5.41, 5.74) is 1.44. The smallest absolute Gasteiger partial charge is 0.231 e. The van der Waals surface area contributed by atoms with Gasteiger partial charge in [-0.05, 0) is 62.4 Å². The van der Waals surface area contributed by atoms with Gasteiger partial charge in [0.25, 0.3) is 0 Å². The molecule has 0 amide bonds. The maximum atomic E-state index is 5.67. The topological polar surface area (TPSA) is 34.2 Å². The van der Waals surface area contributed by atoms with E-state index in [1.165, 1.54) is 50.9 Å². The van der Waals surface area contributed by atoms with Gasteiger partial charge in [0.2, 0.25) is 6.79 Å². The van der Waals surface area contributed by atoms with Crippen molar-refractivity contribution in [2.45, 2.75) is 49.7 Å². The van der Waals surface area contributed by atoms with Crippen molar-refractivity contribution in [2.24, 2.45) is 5.92 Å².